The van der Waals surface area contributed by atoms with Crippen molar-refractivity contribution in [1.29, 1.82) is 0 Å². The van der Waals surface area contributed by atoms with Crippen LogP contribution >= 0.6 is 0 Å². The summed E-state index contributed by atoms with van der Waals surface area (Å²) in [4.78, 5) is 14.6. The molecule has 1 amide bonds. The van der Waals surface area contributed by atoms with Gasteiger partial charge in [-0.15, -0.1) is 0 Å². The highest BCUT2D eigenvalue weighted by Crippen LogP contribution is 2.18. The summed E-state index contributed by atoms with van der Waals surface area (Å²) in [5.74, 6) is 0.163. The average Bonchev–Trinajstić information content (AvgIpc) is 3.04. The van der Waals surface area contributed by atoms with Crippen LogP contribution in [-0.2, 0) is 17.8 Å². The third-order valence-corrected chi connectivity index (χ3v) is 5.48. The van der Waals surface area contributed by atoms with Crippen LogP contribution in [0, 0.1) is 0 Å². The van der Waals surface area contributed by atoms with E-state index in [1.165, 1.54) is 42.3 Å². The fraction of sp³-hybridized carbons (Fsp3) is 0.571. The minimum Gasteiger partial charge on any atom is -0.355 e. The van der Waals surface area contributed by atoms with E-state index in [1.54, 1.807) is 0 Å². The molecule has 1 aliphatic rings. The molecule has 3 rings (SSSR count). The first-order chi connectivity index (χ1) is 12.2. The van der Waals surface area contributed by atoms with Crippen molar-refractivity contribution in [3.63, 3.8) is 0 Å². The molecule has 0 bridgehead atoms. The van der Waals surface area contributed by atoms with Crippen molar-refractivity contribution < 1.29 is 4.79 Å². The summed E-state index contributed by atoms with van der Waals surface area (Å²) >= 11 is 0. The average molecular weight is 341 g/mol. The fourth-order valence-corrected chi connectivity index (χ4v) is 3.86. The molecule has 4 heteroatoms. The lowest BCUT2D eigenvalue weighted by Gasteiger charge is -2.33. The molecule has 1 atom stereocenters. The maximum Gasteiger partial charge on any atom is 0.220 e. The molecule has 0 saturated carbocycles. The lowest BCUT2D eigenvalue weighted by atomic mass is 10.0. The zero-order valence-electron chi connectivity index (χ0n) is 15.6. The van der Waals surface area contributed by atoms with Crippen LogP contribution in [0.2, 0.25) is 0 Å². The Morgan fingerprint density at radius 2 is 2.16 bits per heavy atom. The molecular weight excluding hydrogens is 310 g/mol. The molecule has 1 aromatic carbocycles. The fourth-order valence-electron chi connectivity index (χ4n) is 3.86. The second kappa shape index (κ2) is 8.52. The van der Waals surface area contributed by atoms with Gasteiger partial charge in [0.05, 0.1) is 0 Å². The van der Waals surface area contributed by atoms with Gasteiger partial charge in [0.1, 0.15) is 0 Å². The van der Waals surface area contributed by atoms with Crippen LogP contribution in [0.15, 0.2) is 30.5 Å². The zero-order valence-corrected chi connectivity index (χ0v) is 15.6. The smallest absolute Gasteiger partial charge is 0.220 e. The van der Waals surface area contributed by atoms with Gasteiger partial charge in [-0.05, 0) is 68.8 Å². The first-order valence-corrected chi connectivity index (χ1v) is 9.76. The zero-order chi connectivity index (χ0) is 17.6. The largest absolute Gasteiger partial charge is 0.355 e. The van der Waals surface area contributed by atoms with Crippen LogP contribution in [0.4, 0.5) is 0 Å². The lowest BCUT2D eigenvalue weighted by Crippen LogP contribution is -2.42. The normalized spacial score (nSPS) is 18.6. The molecule has 4 nitrogen and oxygen atoms in total. The number of piperidine rings is 1. The summed E-state index contributed by atoms with van der Waals surface area (Å²) in [5.41, 5.74) is 2.51. The third kappa shape index (κ3) is 4.63. The predicted octanol–water partition coefficient (Wildman–Crippen LogP) is 3.58. The van der Waals surface area contributed by atoms with Crippen molar-refractivity contribution >= 4 is 16.8 Å². The van der Waals surface area contributed by atoms with Crippen molar-refractivity contribution in [3.8, 4) is 0 Å². The SMILES string of the molecule is CCn1ccc2cc(CCC(=O)NCCN3CCCC[C@H]3C)ccc21. The molecule has 136 valence electrons. The van der Waals surface area contributed by atoms with Gasteiger partial charge >= 0.3 is 0 Å². The van der Waals surface area contributed by atoms with Gasteiger partial charge in [0.15, 0.2) is 0 Å². The van der Waals surface area contributed by atoms with Crippen LogP contribution in [0.25, 0.3) is 10.9 Å². The maximum absolute atomic E-state index is 12.1. The topological polar surface area (TPSA) is 37.3 Å². The molecule has 1 fully saturated rings. The molecule has 1 saturated heterocycles. The summed E-state index contributed by atoms with van der Waals surface area (Å²) < 4.78 is 2.24. The number of rotatable bonds is 7. The van der Waals surface area contributed by atoms with E-state index in [0.717, 1.165) is 26.1 Å². The summed E-state index contributed by atoms with van der Waals surface area (Å²) in [6, 6.07) is 9.35. The molecule has 1 aliphatic heterocycles. The maximum atomic E-state index is 12.1. The molecule has 2 aromatic rings. The number of benzene rings is 1. The minimum absolute atomic E-state index is 0.163. The van der Waals surface area contributed by atoms with E-state index < -0.39 is 0 Å². The number of hydrogen-bond donors (Lipinski definition) is 1. The van der Waals surface area contributed by atoms with Gasteiger partial charge in [0, 0.05) is 43.8 Å². The Kier molecular flexibility index (Phi) is 6.14. The molecule has 0 radical (unpaired) electrons. The quantitative estimate of drug-likeness (QED) is 0.836. The Morgan fingerprint density at radius 3 is 2.96 bits per heavy atom. The molecule has 0 aliphatic carbocycles. The standard InChI is InChI=1S/C21H31N3O/c1-3-23-14-11-19-16-18(7-9-20(19)23)8-10-21(25)22-12-15-24-13-5-4-6-17(24)2/h7,9,11,14,16-17H,3-6,8,10,12-13,15H2,1-2H3,(H,22,25)/t17-/m1/s1. The van der Waals surface area contributed by atoms with Gasteiger partial charge in [-0.1, -0.05) is 12.5 Å². The number of carbonyl (C=O) groups is 1. The summed E-state index contributed by atoms with van der Waals surface area (Å²) in [7, 11) is 0. The number of nitrogens with zero attached hydrogens (tertiary/aromatic N) is 2. The monoisotopic (exact) mass is 341 g/mol. The van der Waals surface area contributed by atoms with Crippen molar-refractivity contribution in [2.24, 2.45) is 0 Å². The van der Waals surface area contributed by atoms with E-state index in [4.69, 9.17) is 0 Å². The van der Waals surface area contributed by atoms with E-state index >= 15 is 0 Å². The van der Waals surface area contributed by atoms with E-state index in [0.29, 0.717) is 12.5 Å². The number of nitrogens with one attached hydrogen (secondary N) is 1. The van der Waals surface area contributed by atoms with Crippen molar-refractivity contribution in [2.75, 3.05) is 19.6 Å². The number of likely N-dealkylation sites (tertiary alicyclic amines) is 1. The van der Waals surface area contributed by atoms with Gasteiger partial charge in [0.25, 0.3) is 0 Å². The van der Waals surface area contributed by atoms with Gasteiger partial charge < -0.3 is 9.88 Å². The van der Waals surface area contributed by atoms with Crippen molar-refractivity contribution in [2.45, 2.75) is 58.5 Å². The van der Waals surface area contributed by atoms with Crippen LogP contribution in [0.3, 0.4) is 0 Å². The van der Waals surface area contributed by atoms with Gasteiger partial charge in [-0.25, -0.2) is 0 Å². The van der Waals surface area contributed by atoms with Crippen LogP contribution in [0.5, 0.6) is 0 Å². The number of aryl methyl sites for hydroxylation is 2. The Balaban J connectivity index is 1.42. The number of fused-ring (bicyclic) bond motifs is 1. The second-order valence-electron chi connectivity index (χ2n) is 7.23. The number of carbonyl (C=O) groups excluding carboxylic acids is 1. The minimum atomic E-state index is 0.163. The van der Waals surface area contributed by atoms with Crippen LogP contribution < -0.4 is 5.32 Å². The molecule has 0 unspecified atom stereocenters. The van der Waals surface area contributed by atoms with E-state index in [-0.39, 0.29) is 5.91 Å². The molecule has 25 heavy (non-hydrogen) atoms. The lowest BCUT2D eigenvalue weighted by molar-refractivity contribution is -0.121. The molecule has 0 spiro atoms. The Labute approximate surface area is 151 Å². The molecular formula is C21H31N3O. The highest BCUT2D eigenvalue weighted by atomic mass is 16.1. The summed E-state index contributed by atoms with van der Waals surface area (Å²) in [6.45, 7) is 8.35. The number of aromatic nitrogens is 1. The van der Waals surface area contributed by atoms with Gasteiger partial charge in [0.2, 0.25) is 5.91 Å². The Bertz CT molecular complexity index is 706. The summed E-state index contributed by atoms with van der Waals surface area (Å²) in [6.07, 6.45) is 7.42. The second-order valence-corrected chi connectivity index (χ2v) is 7.23. The van der Waals surface area contributed by atoms with E-state index in [1.807, 2.05) is 0 Å². The van der Waals surface area contributed by atoms with E-state index in [9.17, 15) is 4.79 Å². The first kappa shape index (κ1) is 18.0. The Hall–Kier alpha value is -1.81. The third-order valence-electron chi connectivity index (χ3n) is 5.48. The van der Waals surface area contributed by atoms with Crippen molar-refractivity contribution in [3.05, 3.63) is 36.0 Å². The highest BCUT2D eigenvalue weighted by molar-refractivity contribution is 5.81. The first-order valence-electron chi connectivity index (χ1n) is 9.76. The summed E-state index contributed by atoms with van der Waals surface area (Å²) in [5, 5.41) is 4.35. The van der Waals surface area contributed by atoms with Crippen LogP contribution in [0.1, 0.15) is 45.1 Å². The van der Waals surface area contributed by atoms with E-state index in [2.05, 4.69) is 59.1 Å². The van der Waals surface area contributed by atoms with Crippen molar-refractivity contribution in [1.82, 2.24) is 14.8 Å². The Morgan fingerprint density at radius 1 is 1.28 bits per heavy atom. The molecule has 1 aromatic heterocycles. The van der Waals surface area contributed by atoms with Crippen LogP contribution in [-0.4, -0.2) is 41.1 Å². The number of amides is 1. The molecule has 1 N–H and O–H groups in total. The van der Waals surface area contributed by atoms with Gasteiger partial charge in [-0.3, -0.25) is 9.69 Å². The highest BCUT2D eigenvalue weighted by Gasteiger charge is 2.17. The predicted molar refractivity (Wildman–Crippen MR) is 104 cm³/mol. The number of hydrogen-bond acceptors (Lipinski definition) is 2. The van der Waals surface area contributed by atoms with Gasteiger partial charge in [-0.2, -0.15) is 0 Å². The molecule has 2 heterocycles.